The van der Waals surface area contributed by atoms with Gasteiger partial charge < -0.3 is 15.2 Å². The highest BCUT2D eigenvalue weighted by Gasteiger charge is 2.18. The summed E-state index contributed by atoms with van der Waals surface area (Å²) in [5.41, 5.74) is 0.260. The largest absolute Gasteiger partial charge is 0.480 e. The summed E-state index contributed by atoms with van der Waals surface area (Å²) in [5, 5.41) is 12.0. The van der Waals surface area contributed by atoms with E-state index in [9.17, 15) is 19.5 Å². The van der Waals surface area contributed by atoms with E-state index < -0.39 is 23.9 Å². The molecule has 2 N–H and O–H groups in total. The van der Waals surface area contributed by atoms with Crippen LogP contribution < -0.4 is 5.32 Å². The first-order valence-corrected chi connectivity index (χ1v) is 13.1. The summed E-state index contributed by atoms with van der Waals surface area (Å²) in [6, 6.07) is -0.800. The van der Waals surface area contributed by atoms with E-state index in [4.69, 9.17) is 4.74 Å². The van der Waals surface area contributed by atoms with E-state index in [0.29, 0.717) is 12.8 Å². The fraction of sp³-hybridized carbons (Fsp3) is 0.452. The van der Waals surface area contributed by atoms with Crippen molar-refractivity contribution in [2.45, 2.75) is 84.6 Å². The molecule has 0 heterocycles. The van der Waals surface area contributed by atoms with Gasteiger partial charge in [-0.3, -0.25) is 4.79 Å². The predicted octanol–water partition coefficient (Wildman–Crippen LogP) is 7.14. The van der Waals surface area contributed by atoms with E-state index in [0.717, 1.165) is 44.6 Å². The average Bonchev–Trinajstić information content (AvgIpc) is 2.84. The molecule has 0 saturated carbocycles. The first-order valence-electron chi connectivity index (χ1n) is 13.1. The fourth-order valence-corrected chi connectivity index (χ4v) is 3.06. The number of carboxylic acid groups (broad SMARTS) is 1. The fourth-order valence-electron chi connectivity index (χ4n) is 3.06. The van der Waals surface area contributed by atoms with Crippen molar-refractivity contribution in [3.05, 3.63) is 85.2 Å². The number of carbonyl (C=O) groups excluding carboxylic acids is 2. The molecule has 0 aliphatic carbocycles. The van der Waals surface area contributed by atoms with Crippen LogP contribution in [0, 0.1) is 5.92 Å². The Bertz CT molecular complexity index is 859. The lowest BCUT2D eigenvalue weighted by atomic mass is 10.0. The van der Waals surface area contributed by atoms with Crippen LogP contribution in [0.4, 0.5) is 0 Å². The van der Waals surface area contributed by atoms with Crippen LogP contribution in [0.2, 0.25) is 0 Å². The van der Waals surface area contributed by atoms with Gasteiger partial charge in [-0.15, -0.1) is 0 Å². The third-order valence-corrected chi connectivity index (χ3v) is 4.91. The molecule has 0 rings (SSSR count). The van der Waals surface area contributed by atoms with E-state index in [1.807, 2.05) is 26.0 Å². The van der Waals surface area contributed by atoms with Gasteiger partial charge in [0.2, 0.25) is 0 Å². The quantitative estimate of drug-likeness (QED) is 0.0451. The molecule has 37 heavy (non-hydrogen) atoms. The van der Waals surface area contributed by atoms with Crippen LogP contribution in [0.5, 0.6) is 0 Å². The maximum atomic E-state index is 11.8. The normalized spacial score (nSPS) is 13.2. The number of hydrogen-bond acceptors (Lipinski definition) is 5. The third kappa shape index (κ3) is 22.8. The molecule has 0 aliphatic heterocycles. The van der Waals surface area contributed by atoms with E-state index in [2.05, 4.69) is 67.4 Å². The molecule has 1 atom stereocenters. The van der Waals surface area contributed by atoms with E-state index in [1.54, 1.807) is 0 Å². The highest BCUT2D eigenvalue weighted by Crippen LogP contribution is 2.07. The number of nitrogens with one attached hydrogen (secondary N) is 1. The highest BCUT2D eigenvalue weighted by atomic mass is 16.6. The standard InChI is InChI=1S/C31H45NO5/c1-5-6-7-8-9-10-11-12-13-14-15-16-17-18-19-20-21-22-29(33)37-30(34)24-23-27(4)32-28(31(35)36)25-26(2)3/h6-7,9-10,12-13,15-16,18-19,23-24,26,28,32H,4-5,8,11,14,17,20-22,25H2,1-3H3,(H,35,36)/b7-6-,10-9-,13-12-,16-15-,19-18-,24-23+/t28-/m0/s1. The van der Waals surface area contributed by atoms with Gasteiger partial charge in [-0.05, 0) is 63.4 Å². The summed E-state index contributed by atoms with van der Waals surface area (Å²) < 4.78 is 4.75. The Balaban J connectivity index is 3.98. The first kappa shape index (κ1) is 33.6. The first-order chi connectivity index (χ1) is 17.8. The Morgan fingerprint density at radius 1 is 0.838 bits per heavy atom. The lowest BCUT2D eigenvalue weighted by Gasteiger charge is -2.17. The Morgan fingerprint density at radius 2 is 1.35 bits per heavy atom. The molecule has 0 aromatic heterocycles. The maximum absolute atomic E-state index is 11.8. The zero-order chi connectivity index (χ0) is 27.7. The number of esters is 2. The van der Waals surface area contributed by atoms with Gasteiger partial charge in [0.25, 0.3) is 0 Å². The van der Waals surface area contributed by atoms with Crippen molar-refractivity contribution in [1.82, 2.24) is 5.32 Å². The zero-order valence-electron chi connectivity index (χ0n) is 22.7. The number of carboxylic acids is 1. The van der Waals surface area contributed by atoms with E-state index >= 15 is 0 Å². The van der Waals surface area contributed by atoms with Crippen molar-refractivity contribution < 1.29 is 24.2 Å². The van der Waals surface area contributed by atoms with Gasteiger partial charge in [-0.1, -0.05) is 88.1 Å². The Hall–Kier alpha value is -3.41. The van der Waals surface area contributed by atoms with Crippen LogP contribution in [0.25, 0.3) is 0 Å². The number of carbonyl (C=O) groups is 3. The third-order valence-electron chi connectivity index (χ3n) is 4.91. The second-order valence-electron chi connectivity index (χ2n) is 8.92. The maximum Gasteiger partial charge on any atom is 0.338 e. The molecule has 0 saturated heterocycles. The van der Waals surface area contributed by atoms with Crippen molar-refractivity contribution in [2.24, 2.45) is 5.92 Å². The van der Waals surface area contributed by atoms with Gasteiger partial charge in [-0.2, -0.15) is 0 Å². The molecule has 0 radical (unpaired) electrons. The van der Waals surface area contributed by atoms with Crippen molar-refractivity contribution in [1.29, 1.82) is 0 Å². The van der Waals surface area contributed by atoms with Crippen molar-refractivity contribution >= 4 is 17.9 Å². The van der Waals surface area contributed by atoms with Crippen LogP contribution in [0.1, 0.15) is 78.6 Å². The SMILES string of the molecule is C=C(/C=C/C(=O)OC(=O)CCC/C=C\C/C=C\C/C=C\C/C=C\C/C=C\CC)N[C@@H](CC(C)C)C(=O)O. The zero-order valence-corrected chi connectivity index (χ0v) is 22.7. The van der Waals surface area contributed by atoms with Gasteiger partial charge in [0.05, 0.1) is 0 Å². The molecular formula is C31H45NO5. The van der Waals surface area contributed by atoms with Gasteiger partial charge in [0.1, 0.15) is 6.04 Å². The number of hydrogen-bond donors (Lipinski definition) is 2. The van der Waals surface area contributed by atoms with E-state index in [1.165, 1.54) is 6.08 Å². The van der Waals surface area contributed by atoms with Crippen LogP contribution in [-0.2, 0) is 19.1 Å². The summed E-state index contributed by atoms with van der Waals surface area (Å²) in [5.74, 6) is -2.21. The molecule has 0 aliphatic rings. The molecule has 0 amide bonds. The van der Waals surface area contributed by atoms with Crippen LogP contribution in [0.15, 0.2) is 85.2 Å². The molecular weight excluding hydrogens is 466 g/mol. The summed E-state index contributed by atoms with van der Waals surface area (Å²) in [6.07, 6.45) is 30.3. The minimum Gasteiger partial charge on any atom is -0.480 e. The number of ether oxygens (including phenoxy) is 1. The number of allylic oxidation sites excluding steroid dienone is 11. The Labute approximate surface area is 223 Å². The monoisotopic (exact) mass is 511 g/mol. The number of rotatable bonds is 20. The Kier molecular flexibility index (Phi) is 20.9. The minimum atomic E-state index is -0.992. The summed E-state index contributed by atoms with van der Waals surface area (Å²) in [6.45, 7) is 9.66. The van der Waals surface area contributed by atoms with Crippen LogP contribution in [-0.4, -0.2) is 29.1 Å². The molecule has 0 unspecified atom stereocenters. The van der Waals surface area contributed by atoms with Gasteiger partial charge in [-0.25, -0.2) is 9.59 Å². The van der Waals surface area contributed by atoms with E-state index in [-0.39, 0.29) is 18.0 Å². The topological polar surface area (TPSA) is 92.7 Å². The average molecular weight is 512 g/mol. The van der Waals surface area contributed by atoms with Crippen molar-refractivity contribution in [2.75, 3.05) is 0 Å². The molecule has 6 nitrogen and oxygen atoms in total. The van der Waals surface area contributed by atoms with Crippen LogP contribution >= 0.6 is 0 Å². The summed E-state index contributed by atoms with van der Waals surface area (Å²) >= 11 is 0. The number of unbranched alkanes of at least 4 members (excludes halogenated alkanes) is 1. The molecule has 0 fully saturated rings. The van der Waals surface area contributed by atoms with Crippen molar-refractivity contribution in [3.8, 4) is 0 Å². The minimum absolute atomic E-state index is 0.141. The lowest BCUT2D eigenvalue weighted by molar-refractivity contribution is -0.156. The molecule has 0 aromatic carbocycles. The van der Waals surface area contributed by atoms with Crippen LogP contribution in [0.3, 0.4) is 0 Å². The molecule has 0 aromatic rings. The summed E-state index contributed by atoms with van der Waals surface area (Å²) in [4.78, 5) is 34.9. The number of aliphatic carboxylic acids is 1. The smallest absolute Gasteiger partial charge is 0.338 e. The highest BCUT2D eigenvalue weighted by molar-refractivity contribution is 5.92. The van der Waals surface area contributed by atoms with Gasteiger partial charge in [0.15, 0.2) is 0 Å². The van der Waals surface area contributed by atoms with Gasteiger partial charge in [0, 0.05) is 18.2 Å². The van der Waals surface area contributed by atoms with Crippen molar-refractivity contribution in [3.63, 3.8) is 0 Å². The molecule has 0 spiro atoms. The molecule has 6 heteroatoms. The molecule has 204 valence electrons. The van der Waals surface area contributed by atoms with Gasteiger partial charge >= 0.3 is 17.9 Å². The second kappa shape index (κ2) is 23.0. The molecule has 0 bridgehead atoms. The lowest BCUT2D eigenvalue weighted by Crippen LogP contribution is -2.36. The predicted molar refractivity (Wildman–Crippen MR) is 152 cm³/mol. The second-order valence-corrected chi connectivity index (χ2v) is 8.92. The Morgan fingerprint density at radius 3 is 1.84 bits per heavy atom. The summed E-state index contributed by atoms with van der Waals surface area (Å²) in [7, 11) is 0.